The maximum Gasteiger partial charge on any atom is 0.277 e. The summed E-state index contributed by atoms with van der Waals surface area (Å²) in [4.78, 5) is 29.2. The summed E-state index contributed by atoms with van der Waals surface area (Å²) in [5.41, 5.74) is 1.73. The second kappa shape index (κ2) is 7.97. The molecule has 0 bridgehead atoms. The van der Waals surface area contributed by atoms with Crippen molar-refractivity contribution in [1.82, 2.24) is 15.1 Å². The highest BCUT2D eigenvalue weighted by atomic mass is 16.3. The predicted molar refractivity (Wildman–Crippen MR) is 121 cm³/mol. The van der Waals surface area contributed by atoms with Crippen molar-refractivity contribution in [3.8, 4) is 11.5 Å². The monoisotopic (exact) mass is 432 g/mol. The Morgan fingerprint density at radius 2 is 2.00 bits per heavy atom. The van der Waals surface area contributed by atoms with E-state index in [-0.39, 0.29) is 24.4 Å². The number of para-hydroxylation sites is 1. The number of nitrogens with zero attached hydrogens (tertiary/aromatic N) is 3. The molecular weight excluding hydrogens is 404 g/mol. The normalized spacial score (nSPS) is 21.1. The van der Waals surface area contributed by atoms with Crippen molar-refractivity contribution in [2.45, 2.75) is 64.1 Å². The highest BCUT2D eigenvalue weighted by Gasteiger charge is 2.49. The Labute approximate surface area is 187 Å². The third kappa shape index (κ3) is 3.32. The van der Waals surface area contributed by atoms with Crippen molar-refractivity contribution in [3.05, 3.63) is 60.0 Å². The summed E-state index contributed by atoms with van der Waals surface area (Å²) in [6.45, 7) is 4.17. The van der Waals surface area contributed by atoms with Gasteiger partial charge in [-0.2, -0.15) is 5.10 Å². The SMILES string of the molecule is CCc1ccccc1N1C(=O)c2cc(-c3ccco3)nn2CC1(C)C(=O)NC1CCCC1. The van der Waals surface area contributed by atoms with E-state index in [2.05, 4.69) is 17.3 Å². The Balaban J connectivity index is 1.61. The quantitative estimate of drug-likeness (QED) is 0.656. The Morgan fingerprint density at radius 3 is 2.72 bits per heavy atom. The molecule has 1 atom stereocenters. The first kappa shape index (κ1) is 20.5. The minimum absolute atomic E-state index is 0.135. The second-order valence-electron chi connectivity index (χ2n) is 8.90. The van der Waals surface area contributed by atoms with E-state index in [9.17, 15) is 9.59 Å². The molecule has 3 heterocycles. The van der Waals surface area contributed by atoms with E-state index in [1.54, 1.807) is 28.0 Å². The van der Waals surface area contributed by atoms with Gasteiger partial charge in [0, 0.05) is 17.8 Å². The third-order valence-corrected chi connectivity index (χ3v) is 6.72. The smallest absolute Gasteiger partial charge is 0.277 e. The number of nitrogens with one attached hydrogen (secondary N) is 1. The average molecular weight is 433 g/mol. The van der Waals surface area contributed by atoms with E-state index in [1.165, 1.54) is 0 Å². The maximum absolute atomic E-state index is 13.9. The number of carbonyl (C=O) groups is 2. The number of aryl methyl sites for hydroxylation is 1. The summed E-state index contributed by atoms with van der Waals surface area (Å²) >= 11 is 0. The molecule has 1 N–H and O–H groups in total. The van der Waals surface area contributed by atoms with Crippen LogP contribution in [0.15, 0.2) is 53.1 Å². The largest absolute Gasteiger partial charge is 0.463 e. The van der Waals surface area contributed by atoms with Crippen molar-refractivity contribution in [3.63, 3.8) is 0 Å². The van der Waals surface area contributed by atoms with Gasteiger partial charge in [-0.15, -0.1) is 0 Å². The molecule has 1 unspecified atom stereocenters. The van der Waals surface area contributed by atoms with E-state index >= 15 is 0 Å². The average Bonchev–Trinajstić information content (AvgIpc) is 3.55. The summed E-state index contributed by atoms with van der Waals surface area (Å²) in [5.74, 6) is 0.230. The molecule has 1 aromatic carbocycles. The Kier molecular flexibility index (Phi) is 5.12. The number of amides is 2. The summed E-state index contributed by atoms with van der Waals surface area (Å²) in [6, 6.07) is 13.3. The molecule has 0 saturated heterocycles. The van der Waals surface area contributed by atoms with E-state index in [4.69, 9.17) is 4.42 Å². The lowest BCUT2D eigenvalue weighted by Gasteiger charge is -2.44. The van der Waals surface area contributed by atoms with Gasteiger partial charge >= 0.3 is 0 Å². The van der Waals surface area contributed by atoms with Gasteiger partial charge in [-0.25, -0.2) is 0 Å². The molecule has 1 aliphatic heterocycles. The molecular formula is C25H28N4O3. The summed E-state index contributed by atoms with van der Waals surface area (Å²) < 4.78 is 7.14. The standard InChI is InChI=1S/C25H28N4O3/c1-3-17-9-4-7-12-20(17)29-23(30)21-15-19(22-13-8-14-32-22)27-28(21)16-25(29,2)24(31)26-18-10-5-6-11-18/h4,7-9,12-15,18H,3,5-6,10-11,16H2,1-2H3,(H,26,31). The van der Waals surface area contributed by atoms with Gasteiger partial charge in [0.25, 0.3) is 5.91 Å². The number of aromatic nitrogens is 2. The molecule has 32 heavy (non-hydrogen) atoms. The molecule has 7 heteroatoms. The first-order valence-electron chi connectivity index (χ1n) is 11.4. The first-order valence-corrected chi connectivity index (χ1v) is 11.4. The van der Waals surface area contributed by atoms with E-state index < -0.39 is 5.54 Å². The third-order valence-electron chi connectivity index (χ3n) is 6.72. The molecule has 2 aliphatic rings. The minimum Gasteiger partial charge on any atom is -0.463 e. The fraction of sp³-hybridized carbons (Fsp3) is 0.400. The molecule has 3 aromatic rings. The van der Waals surface area contributed by atoms with E-state index in [1.807, 2.05) is 37.3 Å². The van der Waals surface area contributed by atoms with Gasteiger partial charge in [0.15, 0.2) is 5.76 Å². The highest BCUT2D eigenvalue weighted by molar-refractivity contribution is 6.12. The summed E-state index contributed by atoms with van der Waals surface area (Å²) in [6.07, 6.45) is 6.56. The fourth-order valence-corrected chi connectivity index (χ4v) is 4.94. The summed E-state index contributed by atoms with van der Waals surface area (Å²) in [5, 5.41) is 7.84. The van der Waals surface area contributed by atoms with Crippen molar-refractivity contribution < 1.29 is 14.0 Å². The maximum atomic E-state index is 13.9. The van der Waals surface area contributed by atoms with Crippen LogP contribution in [0.25, 0.3) is 11.5 Å². The molecule has 166 valence electrons. The number of fused-ring (bicyclic) bond motifs is 1. The Hall–Kier alpha value is -3.35. The lowest BCUT2D eigenvalue weighted by Crippen LogP contribution is -2.65. The van der Waals surface area contributed by atoms with Crippen LogP contribution in [0.1, 0.15) is 55.6 Å². The molecule has 5 rings (SSSR count). The molecule has 2 amide bonds. The van der Waals surface area contributed by atoms with Gasteiger partial charge in [-0.3, -0.25) is 19.2 Å². The Morgan fingerprint density at radius 1 is 1.22 bits per heavy atom. The van der Waals surface area contributed by atoms with Crippen LogP contribution >= 0.6 is 0 Å². The van der Waals surface area contributed by atoms with Crippen LogP contribution in [0.2, 0.25) is 0 Å². The van der Waals surface area contributed by atoms with Crippen LogP contribution in [-0.2, 0) is 17.8 Å². The van der Waals surface area contributed by atoms with Crippen molar-refractivity contribution >= 4 is 17.5 Å². The van der Waals surface area contributed by atoms with Crippen molar-refractivity contribution in [2.24, 2.45) is 0 Å². The molecule has 1 saturated carbocycles. The van der Waals surface area contributed by atoms with Crippen molar-refractivity contribution in [1.29, 1.82) is 0 Å². The zero-order chi connectivity index (χ0) is 22.3. The van der Waals surface area contributed by atoms with Gasteiger partial charge in [-0.1, -0.05) is 38.0 Å². The van der Waals surface area contributed by atoms with E-state index in [0.717, 1.165) is 43.4 Å². The topological polar surface area (TPSA) is 80.4 Å². The van der Waals surface area contributed by atoms with Crippen LogP contribution in [-0.4, -0.2) is 33.2 Å². The van der Waals surface area contributed by atoms with Crippen LogP contribution < -0.4 is 10.2 Å². The number of hydrogen-bond acceptors (Lipinski definition) is 4. The number of hydrogen-bond donors (Lipinski definition) is 1. The molecule has 7 nitrogen and oxygen atoms in total. The summed E-state index contributed by atoms with van der Waals surface area (Å²) in [7, 11) is 0. The molecule has 2 aromatic heterocycles. The van der Waals surface area contributed by atoms with Gasteiger partial charge in [0.05, 0.1) is 12.8 Å². The number of rotatable bonds is 5. The molecule has 0 radical (unpaired) electrons. The number of benzene rings is 1. The van der Waals surface area contributed by atoms with Gasteiger partial charge in [0.2, 0.25) is 5.91 Å². The van der Waals surface area contributed by atoms with Gasteiger partial charge in [-0.05, 0) is 49.9 Å². The number of carbonyl (C=O) groups excluding carboxylic acids is 2. The predicted octanol–water partition coefficient (Wildman–Crippen LogP) is 4.18. The van der Waals surface area contributed by atoms with Gasteiger partial charge < -0.3 is 9.73 Å². The zero-order valence-electron chi connectivity index (χ0n) is 18.5. The molecule has 1 fully saturated rings. The fourth-order valence-electron chi connectivity index (χ4n) is 4.94. The zero-order valence-corrected chi connectivity index (χ0v) is 18.5. The van der Waals surface area contributed by atoms with Crippen LogP contribution in [0.5, 0.6) is 0 Å². The second-order valence-corrected chi connectivity index (χ2v) is 8.90. The number of furan rings is 1. The lowest BCUT2D eigenvalue weighted by molar-refractivity contribution is -0.127. The Bertz CT molecular complexity index is 1140. The van der Waals surface area contributed by atoms with Crippen LogP contribution in [0, 0.1) is 0 Å². The van der Waals surface area contributed by atoms with Crippen LogP contribution in [0.4, 0.5) is 5.69 Å². The first-order chi connectivity index (χ1) is 15.5. The van der Waals surface area contributed by atoms with Crippen LogP contribution in [0.3, 0.4) is 0 Å². The minimum atomic E-state index is -1.11. The highest BCUT2D eigenvalue weighted by Crippen LogP contribution is 2.36. The van der Waals surface area contributed by atoms with Gasteiger partial charge in [0.1, 0.15) is 16.9 Å². The van der Waals surface area contributed by atoms with Crippen molar-refractivity contribution in [2.75, 3.05) is 4.90 Å². The molecule has 0 spiro atoms. The van der Waals surface area contributed by atoms with E-state index in [0.29, 0.717) is 17.1 Å². The lowest BCUT2D eigenvalue weighted by atomic mass is 9.92. The molecule has 1 aliphatic carbocycles. The number of anilines is 1.